The van der Waals surface area contributed by atoms with Crippen molar-refractivity contribution in [2.24, 2.45) is 0 Å². The lowest BCUT2D eigenvalue weighted by atomic mass is 10.0. The molecule has 128 valence electrons. The Morgan fingerprint density at radius 1 is 1.42 bits per heavy atom. The van der Waals surface area contributed by atoms with Crippen molar-refractivity contribution in [1.29, 1.82) is 0 Å². The predicted molar refractivity (Wildman–Crippen MR) is 81.2 cm³/mol. The summed E-state index contributed by atoms with van der Waals surface area (Å²) in [6.07, 6.45) is -0.285. The topological polar surface area (TPSA) is 78.6 Å². The quantitative estimate of drug-likeness (QED) is 0.892. The molecule has 0 saturated carbocycles. The number of hydrogen-bond donors (Lipinski definition) is 2. The van der Waals surface area contributed by atoms with Gasteiger partial charge in [-0.1, -0.05) is 11.2 Å². The van der Waals surface area contributed by atoms with Gasteiger partial charge in [-0.25, -0.2) is 8.78 Å². The SMILES string of the molecule is Cc1cc(NC(=O)CN2C[C@@H](O)C[C@H]2c2ccc(F)c(F)c2)no1. The third kappa shape index (κ3) is 3.60. The Morgan fingerprint density at radius 3 is 2.88 bits per heavy atom. The van der Waals surface area contributed by atoms with E-state index in [4.69, 9.17) is 4.52 Å². The lowest BCUT2D eigenvalue weighted by Crippen LogP contribution is -2.34. The number of halogens is 2. The standard InChI is InChI=1S/C16H17F2N3O3/c1-9-4-15(20-24-9)19-16(23)8-21-7-11(22)6-14(21)10-2-3-12(17)13(18)5-10/h2-5,11,14,22H,6-8H2,1H3,(H,19,20,23)/t11-,14-/m0/s1. The van der Waals surface area contributed by atoms with E-state index in [0.29, 0.717) is 23.6 Å². The van der Waals surface area contributed by atoms with E-state index in [1.165, 1.54) is 6.07 Å². The van der Waals surface area contributed by atoms with Crippen molar-refractivity contribution in [2.45, 2.75) is 25.5 Å². The van der Waals surface area contributed by atoms with Crippen LogP contribution in [0.5, 0.6) is 0 Å². The van der Waals surface area contributed by atoms with Crippen LogP contribution in [-0.2, 0) is 4.79 Å². The molecule has 6 nitrogen and oxygen atoms in total. The van der Waals surface area contributed by atoms with Crippen molar-refractivity contribution in [2.75, 3.05) is 18.4 Å². The lowest BCUT2D eigenvalue weighted by molar-refractivity contribution is -0.117. The molecular formula is C16H17F2N3O3. The summed E-state index contributed by atoms with van der Waals surface area (Å²) in [4.78, 5) is 13.9. The number of likely N-dealkylation sites (tertiary alicyclic amines) is 1. The van der Waals surface area contributed by atoms with Crippen LogP contribution in [0, 0.1) is 18.6 Å². The van der Waals surface area contributed by atoms with E-state index in [2.05, 4.69) is 10.5 Å². The summed E-state index contributed by atoms with van der Waals surface area (Å²) in [5, 5.41) is 16.2. The number of anilines is 1. The minimum atomic E-state index is -0.948. The smallest absolute Gasteiger partial charge is 0.239 e. The van der Waals surface area contributed by atoms with Crippen LogP contribution in [0.3, 0.4) is 0 Å². The molecule has 2 atom stereocenters. The first-order valence-corrected chi connectivity index (χ1v) is 7.52. The van der Waals surface area contributed by atoms with E-state index in [9.17, 15) is 18.7 Å². The Hall–Kier alpha value is -2.32. The fraction of sp³-hybridized carbons (Fsp3) is 0.375. The first kappa shape index (κ1) is 16.5. The zero-order valence-corrected chi connectivity index (χ0v) is 13.0. The van der Waals surface area contributed by atoms with Crippen LogP contribution in [0.2, 0.25) is 0 Å². The highest BCUT2D eigenvalue weighted by Gasteiger charge is 2.33. The molecule has 0 radical (unpaired) electrons. The molecule has 24 heavy (non-hydrogen) atoms. The van der Waals surface area contributed by atoms with Crippen molar-refractivity contribution >= 4 is 11.7 Å². The first-order valence-electron chi connectivity index (χ1n) is 7.52. The number of nitrogens with one attached hydrogen (secondary N) is 1. The second-order valence-electron chi connectivity index (χ2n) is 5.88. The van der Waals surface area contributed by atoms with Crippen molar-refractivity contribution in [3.8, 4) is 0 Å². The van der Waals surface area contributed by atoms with Crippen LogP contribution in [-0.4, -0.2) is 40.3 Å². The first-order chi connectivity index (χ1) is 11.4. The summed E-state index contributed by atoms with van der Waals surface area (Å²) in [6.45, 7) is 1.97. The van der Waals surface area contributed by atoms with E-state index in [1.54, 1.807) is 17.9 Å². The number of carbonyl (C=O) groups excluding carboxylic acids is 1. The maximum Gasteiger partial charge on any atom is 0.239 e. The molecule has 2 aromatic rings. The molecular weight excluding hydrogens is 320 g/mol. The summed E-state index contributed by atoms with van der Waals surface area (Å²) in [5.74, 6) is -1.33. The fourth-order valence-corrected chi connectivity index (χ4v) is 2.91. The Balaban J connectivity index is 1.70. The molecule has 1 fully saturated rings. The Morgan fingerprint density at radius 2 is 2.21 bits per heavy atom. The van der Waals surface area contributed by atoms with E-state index < -0.39 is 17.7 Å². The molecule has 1 aliphatic rings. The van der Waals surface area contributed by atoms with Crippen molar-refractivity contribution < 1.29 is 23.2 Å². The number of rotatable bonds is 4. The summed E-state index contributed by atoms with van der Waals surface area (Å²) < 4.78 is 31.4. The third-order valence-corrected chi connectivity index (χ3v) is 3.95. The van der Waals surface area contributed by atoms with E-state index in [-0.39, 0.29) is 25.0 Å². The van der Waals surface area contributed by atoms with Gasteiger partial charge >= 0.3 is 0 Å². The lowest BCUT2D eigenvalue weighted by Gasteiger charge is -2.23. The highest BCUT2D eigenvalue weighted by atomic mass is 19.2. The van der Waals surface area contributed by atoms with Gasteiger partial charge < -0.3 is 14.9 Å². The molecule has 1 aromatic heterocycles. The average Bonchev–Trinajstić information content (AvgIpc) is 3.08. The van der Waals surface area contributed by atoms with Crippen molar-refractivity contribution in [1.82, 2.24) is 10.1 Å². The predicted octanol–water partition coefficient (Wildman–Crippen LogP) is 2.01. The maximum absolute atomic E-state index is 13.5. The molecule has 0 bridgehead atoms. The van der Waals surface area contributed by atoms with Crippen LogP contribution in [0.15, 0.2) is 28.8 Å². The number of aryl methyl sites for hydroxylation is 1. The minimum Gasteiger partial charge on any atom is -0.392 e. The van der Waals surface area contributed by atoms with Gasteiger partial charge in [0.15, 0.2) is 17.5 Å². The Bertz CT molecular complexity index is 750. The molecule has 1 amide bonds. The Labute approximate surface area is 137 Å². The van der Waals surface area contributed by atoms with E-state index in [1.807, 2.05) is 0 Å². The number of amides is 1. The van der Waals surface area contributed by atoms with Gasteiger partial charge in [-0.3, -0.25) is 9.69 Å². The number of β-amino-alcohol motifs (C(OH)–C–C–N with tert-alkyl or cyclic N) is 1. The monoisotopic (exact) mass is 337 g/mol. The highest BCUT2D eigenvalue weighted by molar-refractivity contribution is 5.91. The molecule has 0 aliphatic carbocycles. The molecule has 3 rings (SSSR count). The molecule has 1 saturated heterocycles. The van der Waals surface area contributed by atoms with Crippen molar-refractivity contribution in [3.63, 3.8) is 0 Å². The summed E-state index contributed by atoms with van der Waals surface area (Å²) in [5.41, 5.74) is 0.524. The van der Waals surface area contributed by atoms with Gasteiger partial charge in [0.2, 0.25) is 5.91 Å². The Kier molecular flexibility index (Phi) is 4.59. The van der Waals surface area contributed by atoms with Gasteiger partial charge in [-0.15, -0.1) is 0 Å². The molecule has 1 aromatic carbocycles. The minimum absolute atomic E-state index is 0.00731. The molecule has 0 unspecified atom stereocenters. The van der Waals surface area contributed by atoms with Crippen LogP contribution >= 0.6 is 0 Å². The number of hydrogen-bond acceptors (Lipinski definition) is 5. The fourth-order valence-electron chi connectivity index (χ4n) is 2.91. The number of aromatic nitrogens is 1. The summed E-state index contributed by atoms with van der Waals surface area (Å²) in [7, 11) is 0. The highest BCUT2D eigenvalue weighted by Crippen LogP contribution is 2.32. The number of aliphatic hydroxyl groups excluding tert-OH is 1. The van der Waals surface area contributed by atoms with Crippen LogP contribution in [0.4, 0.5) is 14.6 Å². The molecule has 0 spiro atoms. The molecule has 1 aliphatic heterocycles. The zero-order valence-electron chi connectivity index (χ0n) is 13.0. The number of aliphatic hydroxyl groups is 1. The zero-order chi connectivity index (χ0) is 17.3. The number of carbonyl (C=O) groups is 1. The van der Waals surface area contributed by atoms with E-state index >= 15 is 0 Å². The van der Waals surface area contributed by atoms with Crippen LogP contribution < -0.4 is 5.32 Å². The van der Waals surface area contributed by atoms with Gasteiger partial charge in [0, 0.05) is 18.7 Å². The molecule has 2 heterocycles. The van der Waals surface area contributed by atoms with Gasteiger partial charge in [0.25, 0.3) is 0 Å². The van der Waals surface area contributed by atoms with E-state index in [0.717, 1.165) is 12.1 Å². The van der Waals surface area contributed by atoms with Gasteiger partial charge in [-0.2, -0.15) is 0 Å². The van der Waals surface area contributed by atoms with Crippen LogP contribution in [0.25, 0.3) is 0 Å². The molecule has 8 heteroatoms. The second-order valence-corrected chi connectivity index (χ2v) is 5.88. The van der Waals surface area contributed by atoms with Crippen molar-refractivity contribution in [3.05, 3.63) is 47.2 Å². The second kappa shape index (κ2) is 6.66. The average molecular weight is 337 g/mol. The number of nitrogens with zero attached hydrogens (tertiary/aromatic N) is 2. The van der Waals surface area contributed by atoms with Crippen LogP contribution in [0.1, 0.15) is 23.8 Å². The van der Waals surface area contributed by atoms with Gasteiger partial charge in [0.1, 0.15) is 5.76 Å². The van der Waals surface area contributed by atoms with Gasteiger partial charge in [0.05, 0.1) is 12.6 Å². The summed E-state index contributed by atoms with van der Waals surface area (Å²) >= 11 is 0. The van der Waals surface area contributed by atoms with Gasteiger partial charge in [-0.05, 0) is 31.0 Å². The summed E-state index contributed by atoms with van der Waals surface area (Å²) in [6, 6.07) is 4.84. The molecule has 2 N–H and O–H groups in total. The maximum atomic E-state index is 13.5. The third-order valence-electron chi connectivity index (χ3n) is 3.95. The number of benzene rings is 1. The normalized spacial score (nSPS) is 21.2. The largest absolute Gasteiger partial charge is 0.392 e.